The Hall–Kier alpha value is -0.0400. The minimum Gasteiger partial charge on any atom is -0.377 e. The topological polar surface area (TPSA) is 9.23 Å². The lowest BCUT2D eigenvalue weighted by molar-refractivity contribution is -0.127. The molecule has 0 N–H and O–H groups in total. The molecule has 1 aliphatic heterocycles. The van der Waals surface area contributed by atoms with E-state index in [1.807, 2.05) is 0 Å². The Morgan fingerprint density at radius 3 is 2.82 bits per heavy atom. The highest BCUT2D eigenvalue weighted by molar-refractivity contribution is 5.15. The zero-order valence-electron chi connectivity index (χ0n) is 14.7. The Bertz CT molecular complexity index is 459. The molecule has 1 saturated heterocycles. The van der Waals surface area contributed by atoms with Gasteiger partial charge in [-0.05, 0) is 80.0 Å². The van der Waals surface area contributed by atoms with Crippen molar-refractivity contribution in [3.63, 3.8) is 0 Å². The molecule has 4 saturated carbocycles. The van der Waals surface area contributed by atoms with E-state index in [0.717, 1.165) is 36.2 Å². The molecule has 8 atom stereocenters. The van der Waals surface area contributed by atoms with Crippen molar-refractivity contribution in [1.82, 2.24) is 0 Å². The Morgan fingerprint density at radius 1 is 1.05 bits per heavy atom. The van der Waals surface area contributed by atoms with E-state index in [9.17, 15) is 0 Å². The Labute approximate surface area is 136 Å². The van der Waals surface area contributed by atoms with Gasteiger partial charge in [0.15, 0.2) is 0 Å². The van der Waals surface area contributed by atoms with Crippen LogP contribution in [0.1, 0.15) is 78.1 Å². The lowest BCUT2D eigenvalue weighted by Crippen LogP contribution is -2.56. The molecule has 5 aliphatic rings. The van der Waals surface area contributed by atoms with Crippen molar-refractivity contribution in [3.05, 3.63) is 0 Å². The summed E-state index contributed by atoms with van der Waals surface area (Å²) < 4.78 is 6.60. The van der Waals surface area contributed by atoms with E-state index < -0.39 is 0 Å². The van der Waals surface area contributed by atoms with Crippen molar-refractivity contribution in [3.8, 4) is 0 Å². The summed E-state index contributed by atoms with van der Waals surface area (Å²) in [6, 6.07) is 0. The largest absolute Gasteiger partial charge is 0.377 e. The summed E-state index contributed by atoms with van der Waals surface area (Å²) in [5.41, 5.74) is 1.23. The number of hydrogen-bond acceptors (Lipinski definition) is 1. The minimum atomic E-state index is 0.610. The number of rotatable bonds is 1. The van der Waals surface area contributed by atoms with Gasteiger partial charge in [-0.2, -0.15) is 0 Å². The first-order chi connectivity index (χ1) is 10.7. The van der Waals surface area contributed by atoms with Gasteiger partial charge in [-0.15, -0.1) is 0 Å². The third kappa shape index (κ3) is 1.60. The second-order valence-corrected chi connectivity index (χ2v) is 9.79. The van der Waals surface area contributed by atoms with Gasteiger partial charge in [0.05, 0.1) is 12.7 Å². The average molecular weight is 303 g/mol. The summed E-state index contributed by atoms with van der Waals surface area (Å²) in [5, 5.41) is 0. The van der Waals surface area contributed by atoms with Crippen molar-refractivity contribution >= 4 is 0 Å². The maximum absolute atomic E-state index is 6.60. The van der Waals surface area contributed by atoms with Crippen LogP contribution in [0.15, 0.2) is 0 Å². The SMILES string of the molecule is CC[C@H]1CC[C@H]2[C@@H]3CCC4CCCC[C@]4(C)[C@H]3[C@@H]3C[C@]12CO3. The molecule has 1 heteroatoms. The Kier molecular flexibility index (Phi) is 3.09. The molecule has 1 spiro atoms. The van der Waals surface area contributed by atoms with E-state index in [2.05, 4.69) is 13.8 Å². The summed E-state index contributed by atoms with van der Waals surface area (Å²) in [7, 11) is 0. The molecule has 5 fully saturated rings. The first-order valence-corrected chi connectivity index (χ1v) is 10.3. The van der Waals surface area contributed by atoms with Gasteiger partial charge in [0.1, 0.15) is 0 Å². The summed E-state index contributed by atoms with van der Waals surface area (Å²) in [4.78, 5) is 0. The fraction of sp³-hybridized carbons (Fsp3) is 1.00. The van der Waals surface area contributed by atoms with Gasteiger partial charge in [0.2, 0.25) is 0 Å². The minimum absolute atomic E-state index is 0.610. The normalized spacial score (nSPS) is 59.7. The first-order valence-electron chi connectivity index (χ1n) is 10.3. The fourth-order valence-electron chi connectivity index (χ4n) is 8.60. The van der Waals surface area contributed by atoms with Crippen LogP contribution >= 0.6 is 0 Å². The van der Waals surface area contributed by atoms with Gasteiger partial charge in [-0.3, -0.25) is 0 Å². The number of fused-ring (bicyclic) bond motifs is 6. The summed E-state index contributed by atoms with van der Waals surface area (Å²) in [5.74, 6) is 4.92. The van der Waals surface area contributed by atoms with Crippen LogP contribution in [0, 0.1) is 40.4 Å². The van der Waals surface area contributed by atoms with E-state index >= 15 is 0 Å². The van der Waals surface area contributed by atoms with Crippen molar-refractivity contribution < 1.29 is 4.74 Å². The molecule has 1 heterocycles. The highest BCUT2D eigenvalue weighted by Crippen LogP contribution is 2.70. The van der Waals surface area contributed by atoms with Gasteiger partial charge < -0.3 is 4.74 Å². The molecule has 0 amide bonds. The molecule has 4 aliphatic carbocycles. The Balaban J connectivity index is 1.54. The summed E-state index contributed by atoms with van der Waals surface area (Å²) in [6.45, 7) is 6.23. The van der Waals surface area contributed by atoms with E-state index in [-0.39, 0.29) is 0 Å². The van der Waals surface area contributed by atoms with Gasteiger partial charge in [-0.1, -0.05) is 33.1 Å². The number of ether oxygens (including phenoxy) is 1. The molecule has 22 heavy (non-hydrogen) atoms. The zero-order valence-corrected chi connectivity index (χ0v) is 14.7. The monoisotopic (exact) mass is 302 g/mol. The second kappa shape index (κ2) is 4.74. The van der Waals surface area contributed by atoms with Crippen LogP contribution in [-0.2, 0) is 4.74 Å². The van der Waals surface area contributed by atoms with Crippen LogP contribution < -0.4 is 0 Å². The Morgan fingerprint density at radius 2 is 1.95 bits per heavy atom. The number of hydrogen-bond donors (Lipinski definition) is 0. The van der Waals surface area contributed by atoms with Crippen LogP contribution in [0.25, 0.3) is 0 Å². The predicted molar refractivity (Wildman–Crippen MR) is 89.6 cm³/mol. The summed E-state index contributed by atoms with van der Waals surface area (Å²) in [6.07, 6.45) is 15.5. The first kappa shape index (κ1) is 14.3. The van der Waals surface area contributed by atoms with Crippen LogP contribution in [0.4, 0.5) is 0 Å². The molecule has 124 valence electrons. The van der Waals surface area contributed by atoms with Gasteiger partial charge in [0.25, 0.3) is 0 Å². The van der Waals surface area contributed by atoms with E-state index in [4.69, 9.17) is 4.74 Å². The molecule has 0 radical (unpaired) electrons. The van der Waals surface area contributed by atoms with Crippen molar-refractivity contribution in [2.24, 2.45) is 40.4 Å². The molecular formula is C21H34O. The third-order valence-corrected chi connectivity index (χ3v) is 9.46. The lowest BCUT2D eigenvalue weighted by Gasteiger charge is -2.60. The summed E-state index contributed by atoms with van der Waals surface area (Å²) >= 11 is 0. The van der Waals surface area contributed by atoms with E-state index in [1.165, 1.54) is 64.2 Å². The highest BCUT2D eigenvalue weighted by atomic mass is 16.5. The molecule has 0 aromatic heterocycles. The molecule has 5 rings (SSSR count). The highest BCUT2D eigenvalue weighted by Gasteiger charge is 2.66. The van der Waals surface area contributed by atoms with Gasteiger partial charge in [0, 0.05) is 5.41 Å². The third-order valence-electron chi connectivity index (χ3n) is 9.46. The molecular weight excluding hydrogens is 268 g/mol. The van der Waals surface area contributed by atoms with Gasteiger partial charge >= 0.3 is 0 Å². The average Bonchev–Trinajstić information content (AvgIpc) is 3.09. The molecule has 1 unspecified atom stereocenters. The maximum Gasteiger partial charge on any atom is 0.0618 e. The standard InChI is InChI=1S/C21H34O/c1-3-14-8-10-17-16-9-7-15-6-4-5-11-20(15,2)19(16)18-12-21(14,17)13-22-18/h14-19H,3-13H2,1-2H3/t14-,15?,16-,17-,18-,19+,20-,21-/m0/s1. The van der Waals surface area contributed by atoms with E-state index in [0.29, 0.717) is 16.9 Å². The lowest BCUT2D eigenvalue weighted by atomic mass is 9.44. The van der Waals surface area contributed by atoms with Crippen molar-refractivity contribution in [2.75, 3.05) is 6.61 Å². The molecule has 1 nitrogen and oxygen atoms in total. The van der Waals surface area contributed by atoms with E-state index in [1.54, 1.807) is 0 Å². The molecule has 0 aromatic carbocycles. The molecule has 0 aromatic rings. The molecule has 2 bridgehead atoms. The van der Waals surface area contributed by atoms with Crippen LogP contribution in [0.3, 0.4) is 0 Å². The maximum atomic E-state index is 6.60. The predicted octanol–water partition coefficient (Wildman–Crippen LogP) is 5.43. The fourth-order valence-corrected chi connectivity index (χ4v) is 8.60. The van der Waals surface area contributed by atoms with Crippen LogP contribution in [0.5, 0.6) is 0 Å². The van der Waals surface area contributed by atoms with Crippen LogP contribution in [0.2, 0.25) is 0 Å². The van der Waals surface area contributed by atoms with Crippen molar-refractivity contribution in [2.45, 2.75) is 84.2 Å². The van der Waals surface area contributed by atoms with Gasteiger partial charge in [-0.25, -0.2) is 0 Å². The second-order valence-electron chi connectivity index (χ2n) is 9.79. The van der Waals surface area contributed by atoms with Crippen molar-refractivity contribution in [1.29, 1.82) is 0 Å². The van der Waals surface area contributed by atoms with Crippen LogP contribution in [-0.4, -0.2) is 12.7 Å². The zero-order chi connectivity index (χ0) is 14.9. The quantitative estimate of drug-likeness (QED) is 0.627. The smallest absolute Gasteiger partial charge is 0.0618 e.